The molecule has 12 heteroatoms. The molecule has 1 saturated heterocycles. The van der Waals surface area contributed by atoms with Crippen LogP contribution in [0.15, 0.2) is 61.2 Å². The van der Waals surface area contributed by atoms with Crippen molar-refractivity contribution >= 4 is 35.6 Å². The third kappa shape index (κ3) is 6.73. The van der Waals surface area contributed by atoms with Gasteiger partial charge in [0.1, 0.15) is 23.7 Å². The van der Waals surface area contributed by atoms with E-state index in [-0.39, 0.29) is 38.1 Å². The van der Waals surface area contributed by atoms with Crippen LogP contribution in [0.25, 0.3) is 11.1 Å². The first-order valence-electron chi connectivity index (χ1n) is 17.0. The third-order valence-corrected chi connectivity index (χ3v) is 10.4. The van der Waals surface area contributed by atoms with Crippen LogP contribution < -0.4 is 16.0 Å². The molecule has 2 heterocycles. The lowest BCUT2D eigenvalue weighted by molar-refractivity contribution is -0.146. The van der Waals surface area contributed by atoms with Crippen molar-refractivity contribution in [3.8, 4) is 11.1 Å². The van der Waals surface area contributed by atoms with Gasteiger partial charge in [0, 0.05) is 24.6 Å². The molecule has 0 unspecified atom stereocenters. The molecule has 0 aromatic heterocycles. The Bertz CT molecular complexity index is 1650. The van der Waals surface area contributed by atoms with Gasteiger partial charge in [-0.3, -0.25) is 9.59 Å². The number of nitrogens with one attached hydrogen (secondary N) is 3. The second kappa shape index (κ2) is 13.2. The van der Waals surface area contributed by atoms with E-state index in [0.717, 1.165) is 42.4 Å². The number of hydrogen-bond donors (Lipinski definition) is 4. The Kier molecular flexibility index (Phi) is 9.17. The van der Waals surface area contributed by atoms with Crippen LogP contribution >= 0.6 is 0 Å². The van der Waals surface area contributed by atoms with Crippen molar-refractivity contribution in [2.45, 2.75) is 95.6 Å². The number of rotatable bonds is 9. The summed E-state index contributed by atoms with van der Waals surface area (Å²) in [5, 5.41) is 18.5. The summed E-state index contributed by atoms with van der Waals surface area (Å²) in [6.07, 6.45) is 4.34. The fraction of sp³-hybridized carbons (Fsp3) is 0.486. The molecule has 2 saturated carbocycles. The molecule has 2 aromatic carbocycles. The first kappa shape index (κ1) is 34.0. The number of amides is 5. The van der Waals surface area contributed by atoms with Crippen molar-refractivity contribution < 1.29 is 33.8 Å². The SMILES string of the molecule is C=C[C@@H]1C[C@]1(NC(=O)[C@@H]1C[C@@H](N2Cc3cccc(-c4ccccc4)c3NC2=O)CN1C(=O)[C@@H](NC(=O)OC1CCCC1)C(C)(C)C)C(=O)O. The number of anilines is 1. The van der Waals surface area contributed by atoms with E-state index in [0.29, 0.717) is 5.69 Å². The average molecular weight is 672 g/mol. The lowest BCUT2D eigenvalue weighted by atomic mass is 9.85. The fourth-order valence-electron chi connectivity index (χ4n) is 7.44. The molecule has 3 fully saturated rings. The Morgan fingerprint density at radius 3 is 2.43 bits per heavy atom. The van der Waals surface area contributed by atoms with Gasteiger partial charge in [-0.2, -0.15) is 0 Å². The van der Waals surface area contributed by atoms with Crippen LogP contribution in [0.2, 0.25) is 0 Å². The summed E-state index contributed by atoms with van der Waals surface area (Å²) in [5.74, 6) is -2.77. The number of carboxylic acid groups (broad SMARTS) is 1. The molecule has 4 aliphatic rings. The summed E-state index contributed by atoms with van der Waals surface area (Å²) in [4.78, 5) is 70.4. The third-order valence-electron chi connectivity index (χ3n) is 10.4. The maximum atomic E-state index is 14.4. The standard InChI is InChI=1S/C37H45N5O7/c1-5-24-19-37(24,33(45)46)40-31(43)28-18-25(21-42(28)32(44)30(36(2,3)4)39-35(48)49-26-15-9-10-16-26)41-20-23-14-11-17-27(29(23)38-34(41)47)22-12-7-6-8-13-22/h5-8,11-14,17,24-26,28,30H,1,9-10,15-16,18-21H2,2-4H3,(H,38,47)(H,39,48)(H,40,43)(H,45,46)/t24-,25-,28+,30-,37-/m1/s1. The van der Waals surface area contributed by atoms with E-state index in [9.17, 15) is 29.1 Å². The lowest BCUT2D eigenvalue weighted by Crippen LogP contribution is -2.59. The van der Waals surface area contributed by atoms with E-state index in [4.69, 9.17) is 4.74 Å². The predicted octanol–water partition coefficient (Wildman–Crippen LogP) is 4.90. The van der Waals surface area contributed by atoms with Gasteiger partial charge in [0.05, 0.1) is 11.7 Å². The minimum Gasteiger partial charge on any atom is -0.479 e. The Labute approximate surface area is 286 Å². The zero-order valence-corrected chi connectivity index (χ0v) is 28.2. The largest absolute Gasteiger partial charge is 0.479 e. The van der Waals surface area contributed by atoms with Crippen LogP contribution in [0.1, 0.15) is 64.9 Å². The second-order valence-corrected chi connectivity index (χ2v) is 14.7. The van der Waals surface area contributed by atoms with Crippen molar-refractivity contribution in [3.63, 3.8) is 0 Å². The number of fused-ring (bicyclic) bond motifs is 1. The number of hydrogen-bond acceptors (Lipinski definition) is 6. The van der Waals surface area contributed by atoms with Crippen molar-refractivity contribution in [1.29, 1.82) is 0 Å². The van der Waals surface area contributed by atoms with Crippen LogP contribution in [0.5, 0.6) is 0 Å². The number of likely N-dealkylation sites (tertiary alicyclic amines) is 1. The van der Waals surface area contributed by atoms with Crippen LogP contribution in [-0.4, -0.2) is 81.1 Å². The maximum absolute atomic E-state index is 14.4. The zero-order chi connectivity index (χ0) is 35.1. The summed E-state index contributed by atoms with van der Waals surface area (Å²) >= 11 is 0. The number of ether oxygens (including phenoxy) is 1. The number of nitrogens with zero attached hydrogens (tertiary/aromatic N) is 2. The Balaban J connectivity index is 1.28. The monoisotopic (exact) mass is 671 g/mol. The lowest BCUT2D eigenvalue weighted by Gasteiger charge is -2.36. The van der Waals surface area contributed by atoms with Crippen molar-refractivity contribution in [3.05, 3.63) is 66.7 Å². The highest BCUT2D eigenvalue weighted by molar-refractivity contribution is 5.99. The molecule has 0 bridgehead atoms. The van der Waals surface area contributed by atoms with Crippen LogP contribution in [0.4, 0.5) is 15.3 Å². The van der Waals surface area contributed by atoms with Gasteiger partial charge in [-0.05, 0) is 55.1 Å². The number of aliphatic carboxylic acids is 1. The Hall–Kier alpha value is -4.87. The highest BCUT2D eigenvalue weighted by Crippen LogP contribution is 2.45. The van der Waals surface area contributed by atoms with Crippen molar-refractivity contribution in [1.82, 2.24) is 20.4 Å². The number of alkyl carbamates (subject to hydrolysis) is 1. The summed E-state index contributed by atoms with van der Waals surface area (Å²) < 4.78 is 5.62. The molecule has 4 N–H and O–H groups in total. The van der Waals surface area contributed by atoms with Gasteiger partial charge >= 0.3 is 18.1 Å². The maximum Gasteiger partial charge on any atom is 0.408 e. The molecule has 2 aliphatic heterocycles. The summed E-state index contributed by atoms with van der Waals surface area (Å²) in [7, 11) is 0. The normalized spacial score (nSPS) is 25.5. The molecule has 260 valence electrons. The second-order valence-electron chi connectivity index (χ2n) is 14.7. The van der Waals surface area contributed by atoms with Crippen LogP contribution in [0, 0.1) is 11.3 Å². The van der Waals surface area contributed by atoms with Crippen LogP contribution in [0.3, 0.4) is 0 Å². The van der Waals surface area contributed by atoms with Gasteiger partial charge in [0.25, 0.3) is 0 Å². The van der Waals surface area contributed by atoms with E-state index >= 15 is 0 Å². The van der Waals surface area contributed by atoms with Gasteiger partial charge in [-0.1, -0.05) is 75.4 Å². The molecular weight excluding hydrogens is 626 g/mol. The molecule has 2 aromatic rings. The number of carbonyl (C=O) groups excluding carboxylic acids is 4. The van der Waals surface area contributed by atoms with E-state index in [1.807, 2.05) is 69.3 Å². The number of benzene rings is 2. The molecule has 5 atom stereocenters. The molecule has 0 spiro atoms. The fourth-order valence-corrected chi connectivity index (χ4v) is 7.44. The first-order valence-corrected chi connectivity index (χ1v) is 17.0. The Morgan fingerprint density at radius 2 is 1.80 bits per heavy atom. The summed E-state index contributed by atoms with van der Waals surface area (Å²) in [6.45, 7) is 9.39. The summed E-state index contributed by atoms with van der Waals surface area (Å²) in [6, 6.07) is 12.5. The summed E-state index contributed by atoms with van der Waals surface area (Å²) in [5.41, 5.74) is 1.16. The average Bonchev–Trinajstić information content (AvgIpc) is 3.35. The molecule has 5 amide bonds. The van der Waals surface area contributed by atoms with E-state index in [1.165, 1.54) is 11.0 Å². The predicted molar refractivity (Wildman–Crippen MR) is 182 cm³/mol. The minimum atomic E-state index is -1.51. The van der Waals surface area contributed by atoms with Crippen molar-refractivity contribution in [2.75, 3.05) is 11.9 Å². The number of para-hydroxylation sites is 1. The Morgan fingerprint density at radius 1 is 1.08 bits per heavy atom. The molecule has 49 heavy (non-hydrogen) atoms. The van der Waals surface area contributed by atoms with Gasteiger partial charge in [-0.25, -0.2) is 14.4 Å². The van der Waals surface area contributed by atoms with E-state index < -0.39 is 58.9 Å². The van der Waals surface area contributed by atoms with Gasteiger partial charge in [0.2, 0.25) is 11.8 Å². The number of carboxylic acids is 1. The number of urea groups is 1. The molecule has 2 aliphatic carbocycles. The van der Waals surface area contributed by atoms with E-state index in [2.05, 4.69) is 22.5 Å². The highest BCUT2D eigenvalue weighted by atomic mass is 16.6. The highest BCUT2D eigenvalue weighted by Gasteiger charge is 2.61. The zero-order valence-electron chi connectivity index (χ0n) is 28.2. The smallest absolute Gasteiger partial charge is 0.408 e. The van der Waals surface area contributed by atoms with E-state index in [1.54, 1.807) is 4.90 Å². The van der Waals surface area contributed by atoms with Gasteiger partial charge in [0.15, 0.2) is 0 Å². The molecular formula is C37H45N5O7. The molecule has 6 rings (SSSR count). The number of carbonyl (C=O) groups is 5. The molecule has 0 radical (unpaired) electrons. The van der Waals surface area contributed by atoms with Gasteiger partial charge in [-0.15, -0.1) is 6.58 Å². The van der Waals surface area contributed by atoms with Crippen molar-refractivity contribution in [2.24, 2.45) is 11.3 Å². The quantitative estimate of drug-likeness (QED) is 0.276. The molecule has 12 nitrogen and oxygen atoms in total. The first-order chi connectivity index (χ1) is 23.3. The van der Waals surface area contributed by atoms with Crippen LogP contribution in [-0.2, 0) is 25.7 Å². The minimum absolute atomic E-state index is 0.00887. The van der Waals surface area contributed by atoms with Gasteiger partial charge < -0.3 is 35.6 Å². The topological polar surface area (TPSA) is 157 Å².